The second-order valence-corrected chi connectivity index (χ2v) is 14.6. The summed E-state index contributed by atoms with van der Waals surface area (Å²) in [5, 5.41) is 27.9. The van der Waals surface area contributed by atoms with Crippen LogP contribution in [-0.4, -0.2) is 77.4 Å². The van der Waals surface area contributed by atoms with Crippen molar-refractivity contribution in [3.8, 4) is 0 Å². The Hall–Kier alpha value is -2.66. The van der Waals surface area contributed by atoms with Gasteiger partial charge in [-0.3, -0.25) is 0 Å². The summed E-state index contributed by atoms with van der Waals surface area (Å²) in [5.74, 6) is 0. The van der Waals surface area contributed by atoms with Crippen LogP contribution in [0.25, 0.3) is 0 Å². The molecule has 8 nitrogen and oxygen atoms in total. The highest BCUT2D eigenvalue weighted by molar-refractivity contribution is 5.15. The van der Waals surface area contributed by atoms with Gasteiger partial charge < -0.3 is 39.0 Å². The van der Waals surface area contributed by atoms with Crippen LogP contribution in [0.3, 0.4) is 0 Å². The van der Waals surface area contributed by atoms with E-state index in [4.69, 9.17) is 28.8 Å². The Labute approximate surface area is 280 Å². The van der Waals surface area contributed by atoms with E-state index < -0.39 is 24.4 Å². The lowest BCUT2D eigenvalue weighted by Crippen LogP contribution is -2.42. The third-order valence-corrected chi connectivity index (χ3v) is 8.52. The van der Waals surface area contributed by atoms with E-state index in [2.05, 4.69) is 57.2 Å². The zero-order chi connectivity index (χ0) is 34.0. The lowest BCUT2D eigenvalue weighted by Gasteiger charge is -2.32. The molecule has 8 atom stereocenters. The largest absolute Gasteiger partial charge is 0.394 e. The number of hydrogen-bond donors (Lipinski definition) is 3. The first-order valence-corrected chi connectivity index (χ1v) is 16.6. The molecule has 0 radical (unpaired) electrons. The molecule has 258 valence electrons. The van der Waals surface area contributed by atoms with Crippen LogP contribution in [0.15, 0.2) is 91.0 Å². The Morgan fingerprint density at radius 2 is 0.979 bits per heavy atom. The highest BCUT2D eigenvalue weighted by Gasteiger charge is 2.51. The van der Waals surface area contributed by atoms with Crippen molar-refractivity contribution >= 4 is 0 Å². The molecule has 3 aromatic carbocycles. The van der Waals surface area contributed by atoms with Gasteiger partial charge >= 0.3 is 0 Å². The summed E-state index contributed by atoms with van der Waals surface area (Å²) in [6.07, 6.45) is -3.71. The number of hydrogen-bond acceptors (Lipinski definition) is 8. The minimum absolute atomic E-state index is 0.107. The van der Waals surface area contributed by atoms with E-state index in [-0.39, 0.29) is 41.9 Å². The van der Waals surface area contributed by atoms with Crippen LogP contribution in [0.1, 0.15) is 58.2 Å². The van der Waals surface area contributed by atoms with E-state index in [0.29, 0.717) is 26.4 Å². The van der Waals surface area contributed by atoms with E-state index in [9.17, 15) is 10.2 Å². The van der Waals surface area contributed by atoms with Gasteiger partial charge in [-0.25, -0.2) is 0 Å². The molecule has 3 N–H and O–H groups in total. The minimum atomic E-state index is -0.978. The molecule has 47 heavy (non-hydrogen) atoms. The molecule has 8 unspecified atom stereocenters. The first-order valence-electron chi connectivity index (χ1n) is 16.6. The lowest BCUT2D eigenvalue weighted by atomic mass is 9.85. The molecule has 8 heteroatoms. The van der Waals surface area contributed by atoms with Gasteiger partial charge in [-0.15, -0.1) is 0 Å². The van der Waals surface area contributed by atoms with Crippen molar-refractivity contribution in [2.75, 3.05) is 13.2 Å². The van der Waals surface area contributed by atoms with E-state index in [1.807, 2.05) is 75.4 Å². The maximum atomic E-state index is 9.61. The average molecular weight is 651 g/mol. The molecule has 0 spiro atoms. The van der Waals surface area contributed by atoms with Crippen molar-refractivity contribution in [3.05, 3.63) is 108 Å². The van der Waals surface area contributed by atoms with Crippen LogP contribution in [0, 0.1) is 10.8 Å². The van der Waals surface area contributed by atoms with Crippen molar-refractivity contribution in [1.29, 1.82) is 0 Å². The summed E-state index contributed by atoms with van der Waals surface area (Å²) in [6.45, 7) is 14.1. The molecule has 2 heterocycles. The van der Waals surface area contributed by atoms with Crippen LogP contribution < -0.4 is 0 Å². The fourth-order valence-electron chi connectivity index (χ4n) is 5.96. The summed E-state index contributed by atoms with van der Waals surface area (Å²) in [6, 6.07) is 30.7. The van der Waals surface area contributed by atoms with Crippen LogP contribution in [-0.2, 0) is 43.5 Å². The number of rotatable bonds is 11. The Kier molecular flexibility index (Phi) is 13.5. The smallest absolute Gasteiger partial charge is 0.115 e. The third kappa shape index (κ3) is 10.7. The fourth-order valence-corrected chi connectivity index (χ4v) is 5.96. The molecule has 0 saturated carbocycles. The molecule has 2 aliphatic rings. The Morgan fingerprint density at radius 3 is 1.38 bits per heavy atom. The van der Waals surface area contributed by atoms with E-state index >= 15 is 0 Å². The SMILES string of the molecule is CC(C)(C)C1OC(CO)C(O)C1O.CC(C)(C)C1OC(COCc2ccccc2)C(OCc2ccccc2)C1OCc1ccccc1. The van der Waals surface area contributed by atoms with Crippen LogP contribution in [0.5, 0.6) is 0 Å². The zero-order valence-corrected chi connectivity index (χ0v) is 28.7. The molecular formula is C39H54O8. The number of ether oxygens (including phenoxy) is 5. The summed E-state index contributed by atoms with van der Waals surface area (Å²) < 4.78 is 31.1. The third-order valence-electron chi connectivity index (χ3n) is 8.52. The van der Waals surface area contributed by atoms with Crippen molar-refractivity contribution in [3.63, 3.8) is 0 Å². The van der Waals surface area contributed by atoms with E-state index in [1.54, 1.807) is 0 Å². The molecule has 0 aromatic heterocycles. The monoisotopic (exact) mass is 650 g/mol. The molecule has 3 aromatic rings. The van der Waals surface area contributed by atoms with Gasteiger partial charge in [0.25, 0.3) is 0 Å². The standard InChI is InChI=1S/C30H36O4.C9H18O4/c1-30(2,3)29-28(33-21-25-17-11-6-12-18-25)27(32-20-24-15-9-5-10-16-24)26(34-29)22-31-19-23-13-7-4-8-14-23;1-9(2,3)8-7(12)6(11)5(4-10)13-8/h4-18,26-29H,19-22H2,1-3H3;5-8,10-12H,4H2,1-3H3. The van der Waals surface area contributed by atoms with Gasteiger partial charge in [0.15, 0.2) is 0 Å². The molecule has 0 aliphatic carbocycles. The maximum absolute atomic E-state index is 9.61. The Bertz CT molecular complexity index is 1290. The van der Waals surface area contributed by atoms with Gasteiger partial charge in [-0.1, -0.05) is 133 Å². The summed E-state index contributed by atoms with van der Waals surface area (Å²) in [5.41, 5.74) is 3.08. The summed E-state index contributed by atoms with van der Waals surface area (Å²) in [4.78, 5) is 0. The molecule has 5 rings (SSSR count). The Morgan fingerprint density at radius 1 is 0.553 bits per heavy atom. The van der Waals surface area contributed by atoms with Gasteiger partial charge in [0.2, 0.25) is 0 Å². The molecule has 2 fully saturated rings. The average Bonchev–Trinajstić information content (AvgIpc) is 3.56. The quantitative estimate of drug-likeness (QED) is 0.243. The van der Waals surface area contributed by atoms with Crippen LogP contribution in [0.2, 0.25) is 0 Å². The van der Waals surface area contributed by atoms with Crippen LogP contribution in [0.4, 0.5) is 0 Å². The van der Waals surface area contributed by atoms with E-state index in [1.165, 1.54) is 0 Å². The second kappa shape index (κ2) is 17.1. The first kappa shape index (κ1) is 37.2. The van der Waals surface area contributed by atoms with Crippen molar-refractivity contribution in [1.82, 2.24) is 0 Å². The molecule has 0 amide bonds. The van der Waals surface area contributed by atoms with Crippen LogP contribution >= 0.6 is 0 Å². The van der Waals surface area contributed by atoms with Gasteiger partial charge in [0.05, 0.1) is 45.2 Å². The predicted molar refractivity (Wildman–Crippen MR) is 181 cm³/mol. The van der Waals surface area contributed by atoms with Crippen molar-refractivity contribution in [2.45, 2.75) is 110 Å². The second-order valence-electron chi connectivity index (χ2n) is 14.6. The minimum Gasteiger partial charge on any atom is -0.394 e. The number of aliphatic hydroxyl groups is 3. The summed E-state index contributed by atoms with van der Waals surface area (Å²) >= 11 is 0. The first-order chi connectivity index (χ1) is 22.4. The number of benzene rings is 3. The van der Waals surface area contributed by atoms with Gasteiger partial charge in [0.1, 0.15) is 36.6 Å². The summed E-state index contributed by atoms with van der Waals surface area (Å²) in [7, 11) is 0. The molecule has 2 aliphatic heterocycles. The van der Waals surface area contributed by atoms with Gasteiger partial charge in [-0.05, 0) is 27.5 Å². The molecule has 2 saturated heterocycles. The number of aliphatic hydroxyl groups excluding tert-OH is 3. The highest BCUT2D eigenvalue weighted by Crippen LogP contribution is 2.38. The molecular weight excluding hydrogens is 596 g/mol. The van der Waals surface area contributed by atoms with Crippen molar-refractivity contribution < 1.29 is 39.0 Å². The lowest BCUT2D eigenvalue weighted by molar-refractivity contribution is -0.0948. The van der Waals surface area contributed by atoms with Gasteiger partial charge in [-0.2, -0.15) is 0 Å². The molecule has 0 bridgehead atoms. The fraction of sp³-hybridized carbons (Fsp3) is 0.538. The Balaban J connectivity index is 0.000000323. The highest BCUT2D eigenvalue weighted by atomic mass is 16.6. The normalized spacial score (nSPS) is 27.8. The van der Waals surface area contributed by atoms with Crippen molar-refractivity contribution in [2.24, 2.45) is 10.8 Å². The zero-order valence-electron chi connectivity index (χ0n) is 28.7. The maximum Gasteiger partial charge on any atom is 0.115 e. The topological polar surface area (TPSA) is 107 Å². The van der Waals surface area contributed by atoms with E-state index in [0.717, 1.165) is 16.7 Å². The predicted octanol–water partition coefficient (Wildman–Crippen LogP) is 5.70. The van der Waals surface area contributed by atoms with Gasteiger partial charge in [0, 0.05) is 0 Å².